The van der Waals surface area contributed by atoms with Crippen LogP contribution in [0.15, 0.2) is 0 Å². The lowest BCUT2D eigenvalue weighted by atomic mass is 9.78. The number of nitrogens with zero attached hydrogens (tertiary/aromatic N) is 1. The normalized spacial score (nSPS) is 21.3. The van der Waals surface area contributed by atoms with E-state index in [-0.39, 0.29) is 35.2 Å². The number of esters is 1. The fourth-order valence-corrected chi connectivity index (χ4v) is 4.08. The van der Waals surface area contributed by atoms with Gasteiger partial charge in [-0.15, -0.1) is 0 Å². The van der Waals surface area contributed by atoms with Crippen LogP contribution in [-0.2, 0) is 14.3 Å². The molecule has 1 rings (SSSR count). The largest absolute Gasteiger partial charge is 0.462 e. The van der Waals surface area contributed by atoms with E-state index in [1.54, 1.807) is 13.8 Å². The molecule has 1 saturated heterocycles. The van der Waals surface area contributed by atoms with Gasteiger partial charge in [0.1, 0.15) is 6.10 Å². The van der Waals surface area contributed by atoms with Crippen LogP contribution in [-0.4, -0.2) is 57.5 Å². The van der Waals surface area contributed by atoms with Gasteiger partial charge in [-0.05, 0) is 68.2 Å². The lowest BCUT2D eigenvalue weighted by molar-refractivity contribution is -0.163. The molecular weight excluding hydrogens is 342 g/mol. The number of aliphatic hydroxyl groups is 1. The van der Waals surface area contributed by atoms with E-state index >= 15 is 0 Å². The van der Waals surface area contributed by atoms with Crippen LogP contribution in [0.4, 0.5) is 0 Å². The van der Waals surface area contributed by atoms with Crippen LogP contribution in [0, 0.1) is 0 Å². The Balaban J connectivity index is 2.66. The number of likely N-dealkylation sites (tertiary alicyclic amines) is 1. The smallest absolute Gasteiger partial charge is 0.306 e. The van der Waals surface area contributed by atoms with Crippen molar-refractivity contribution in [2.45, 2.75) is 123 Å². The summed E-state index contributed by atoms with van der Waals surface area (Å²) in [6.45, 7) is 20.3. The third-order valence-corrected chi connectivity index (χ3v) is 5.81. The minimum absolute atomic E-state index is 0.0807. The Labute approximate surface area is 166 Å². The number of ether oxygens (including phenoxy) is 2. The van der Waals surface area contributed by atoms with E-state index in [9.17, 15) is 9.90 Å². The molecule has 0 aromatic rings. The lowest BCUT2D eigenvalue weighted by Gasteiger charge is -2.55. The molecule has 0 spiro atoms. The maximum absolute atomic E-state index is 12.2. The molecular formula is C22H43NO4. The molecule has 0 amide bonds. The number of carbonyl (C=O) groups is 1. The van der Waals surface area contributed by atoms with Gasteiger partial charge in [-0.3, -0.25) is 9.69 Å². The zero-order valence-corrected chi connectivity index (χ0v) is 19.1. The maximum atomic E-state index is 12.2. The molecule has 0 aliphatic carbocycles. The second-order valence-corrected chi connectivity index (χ2v) is 10.6. The topological polar surface area (TPSA) is 59.0 Å². The Morgan fingerprint density at radius 2 is 1.63 bits per heavy atom. The van der Waals surface area contributed by atoms with Crippen LogP contribution in [0.1, 0.15) is 94.4 Å². The highest BCUT2D eigenvalue weighted by Crippen LogP contribution is 2.39. The highest BCUT2D eigenvalue weighted by molar-refractivity contribution is 5.69. The Morgan fingerprint density at radius 1 is 1.11 bits per heavy atom. The van der Waals surface area contributed by atoms with E-state index in [0.29, 0.717) is 13.0 Å². The molecule has 160 valence electrons. The molecule has 0 radical (unpaired) electrons. The molecule has 1 fully saturated rings. The summed E-state index contributed by atoms with van der Waals surface area (Å²) in [7, 11) is 0. The fraction of sp³-hybridized carbons (Fsp3) is 0.955. The number of carbonyl (C=O) groups excluding carboxylic acids is 1. The van der Waals surface area contributed by atoms with E-state index in [0.717, 1.165) is 25.8 Å². The SMILES string of the molecule is CCC(C)(C)OCCN1C(C)(C)CC(OC(=O)CCC(C)(C)O)CC1(C)C. The fourth-order valence-electron chi connectivity index (χ4n) is 4.08. The van der Waals surface area contributed by atoms with Gasteiger partial charge >= 0.3 is 5.97 Å². The molecule has 1 aliphatic heterocycles. The second kappa shape index (κ2) is 8.79. The highest BCUT2D eigenvalue weighted by atomic mass is 16.5. The molecule has 1 heterocycles. The second-order valence-electron chi connectivity index (χ2n) is 10.6. The molecule has 0 atom stereocenters. The van der Waals surface area contributed by atoms with Gasteiger partial charge in [0.2, 0.25) is 0 Å². The van der Waals surface area contributed by atoms with Crippen molar-refractivity contribution in [2.24, 2.45) is 0 Å². The van der Waals surface area contributed by atoms with Gasteiger partial charge in [0.25, 0.3) is 0 Å². The van der Waals surface area contributed by atoms with Crippen molar-refractivity contribution >= 4 is 5.97 Å². The summed E-state index contributed by atoms with van der Waals surface area (Å²) in [5.74, 6) is -0.213. The average Bonchev–Trinajstić information content (AvgIpc) is 2.46. The first kappa shape index (κ1) is 24.4. The summed E-state index contributed by atoms with van der Waals surface area (Å²) in [6, 6.07) is 0. The van der Waals surface area contributed by atoms with Crippen LogP contribution < -0.4 is 0 Å². The first-order chi connectivity index (χ1) is 12.1. The van der Waals surface area contributed by atoms with Crippen molar-refractivity contribution in [3.63, 3.8) is 0 Å². The number of hydrogen-bond donors (Lipinski definition) is 1. The molecule has 0 unspecified atom stereocenters. The van der Waals surface area contributed by atoms with E-state index < -0.39 is 5.60 Å². The first-order valence-corrected chi connectivity index (χ1v) is 10.4. The molecule has 5 heteroatoms. The summed E-state index contributed by atoms with van der Waals surface area (Å²) < 4.78 is 11.8. The zero-order chi connectivity index (χ0) is 21.1. The summed E-state index contributed by atoms with van der Waals surface area (Å²) >= 11 is 0. The monoisotopic (exact) mass is 385 g/mol. The van der Waals surface area contributed by atoms with Gasteiger partial charge in [0.05, 0.1) is 17.8 Å². The van der Waals surface area contributed by atoms with Gasteiger partial charge in [-0.2, -0.15) is 0 Å². The van der Waals surface area contributed by atoms with Gasteiger partial charge in [0.15, 0.2) is 0 Å². The Hall–Kier alpha value is -0.650. The highest BCUT2D eigenvalue weighted by Gasteiger charge is 2.46. The first-order valence-electron chi connectivity index (χ1n) is 10.4. The Morgan fingerprint density at radius 3 is 2.07 bits per heavy atom. The minimum Gasteiger partial charge on any atom is -0.462 e. The number of rotatable bonds is 9. The van der Waals surface area contributed by atoms with Gasteiger partial charge in [0, 0.05) is 36.9 Å². The summed E-state index contributed by atoms with van der Waals surface area (Å²) in [5, 5.41) is 9.80. The molecule has 0 aromatic carbocycles. The van der Waals surface area contributed by atoms with Crippen LogP contribution in [0.25, 0.3) is 0 Å². The van der Waals surface area contributed by atoms with E-state index in [1.165, 1.54) is 0 Å². The predicted molar refractivity (Wildman–Crippen MR) is 110 cm³/mol. The molecule has 1 N–H and O–H groups in total. The standard InChI is InChI=1S/C22H43NO4/c1-10-22(8,9)26-14-13-23-19(2,3)15-17(16-20(23,4)5)27-18(24)11-12-21(6,7)25/h17,25H,10-16H2,1-9H3. The third kappa shape index (κ3) is 8.08. The number of piperidine rings is 1. The summed E-state index contributed by atoms with van der Waals surface area (Å²) in [6.07, 6.45) is 3.19. The molecule has 27 heavy (non-hydrogen) atoms. The molecule has 1 aliphatic rings. The van der Waals surface area contributed by atoms with Gasteiger partial charge < -0.3 is 14.6 Å². The molecule has 5 nitrogen and oxygen atoms in total. The van der Waals surface area contributed by atoms with Crippen molar-refractivity contribution in [2.75, 3.05) is 13.2 Å². The molecule has 0 aromatic heterocycles. The van der Waals surface area contributed by atoms with Crippen LogP contribution in [0.3, 0.4) is 0 Å². The summed E-state index contributed by atoms with van der Waals surface area (Å²) in [4.78, 5) is 14.7. The molecule has 0 bridgehead atoms. The van der Waals surface area contributed by atoms with Crippen LogP contribution in [0.5, 0.6) is 0 Å². The summed E-state index contributed by atoms with van der Waals surface area (Å²) in [5.41, 5.74) is -1.10. The number of hydrogen-bond acceptors (Lipinski definition) is 5. The van der Waals surface area contributed by atoms with Crippen LogP contribution >= 0.6 is 0 Å². The third-order valence-electron chi connectivity index (χ3n) is 5.81. The maximum Gasteiger partial charge on any atom is 0.306 e. The van der Waals surface area contributed by atoms with Crippen LogP contribution in [0.2, 0.25) is 0 Å². The van der Waals surface area contributed by atoms with E-state index in [1.807, 2.05) is 0 Å². The molecule has 0 saturated carbocycles. The average molecular weight is 386 g/mol. The van der Waals surface area contributed by atoms with Crippen molar-refractivity contribution in [3.8, 4) is 0 Å². The van der Waals surface area contributed by atoms with E-state index in [2.05, 4.69) is 53.4 Å². The van der Waals surface area contributed by atoms with Crippen molar-refractivity contribution in [1.82, 2.24) is 4.90 Å². The van der Waals surface area contributed by atoms with Gasteiger partial charge in [-0.25, -0.2) is 0 Å². The van der Waals surface area contributed by atoms with Crippen molar-refractivity contribution in [1.29, 1.82) is 0 Å². The minimum atomic E-state index is -0.840. The predicted octanol–water partition coefficient (Wildman–Crippen LogP) is 4.31. The quantitative estimate of drug-likeness (QED) is 0.599. The zero-order valence-electron chi connectivity index (χ0n) is 19.1. The van der Waals surface area contributed by atoms with Crippen molar-refractivity contribution in [3.05, 3.63) is 0 Å². The van der Waals surface area contributed by atoms with Crippen molar-refractivity contribution < 1.29 is 19.4 Å². The van der Waals surface area contributed by atoms with E-state index in [4.69, 9.17) is 9.47 Å². The lowest BCUT2D eigenvalue weighted by Crippen LogP contribution is -2.63. The Kier molecular flexibility index (Phi) is 7.94. The Bertz CT molecular complexity index is 473. The van der Waals surface area contributed by atoms with Gasteiger partial charge in [-0.1, -0.05) is 6.92 Å².